The topological polar surface area (TPSA) is 68.1 Å². The zero-order valence-electron chi connectivity index (χ0n) is 17.7. The molecule has 0 atom stereocenters. The van der Waals surface area contributed by atoms with E-state index in [9.17, 15) is 0 Å². The maximum Gasteiger partial charge on any atom is 0.227 e. The van der Waals surface area contributed by atoms with E-state index in [0.717, 1.165) is 67.0 Å². The highest BCUT2D eigenvalue weighted by atomic mass is 16.5. The van der Waals surface area contributed by atoms with Crippen LogP contribution >= 0.6 is 0 Å². The molecule has 5 rings (SSSR count). The van der Waals surface area contributed by atoms with Crippen LogP contribution in [0, 0.1) is 0 Å². The Bertz CT molecular complexity index is 1160. The van der Waals surface area contributed by atoms with Crippen LogP contribution in [0.25, 0.3) is 22.0 Å². The fraction of sp³-hybridized carbons (Fsp3) is 0.292. The molecule has 158 valence electrons. The van der Waals surface area contributed by atoms with E-state index in [4.69, 9.17) is 9.72 Å². The summed E-state index contributed by atoms with van der Waals surface area (Å²) in [7, 11) is 0. The molecule has 31 heavy (non-hydrogen) atoms. The van der Waals surface area contributed by atoms with Crippen molar-refractivity contribution in [1.82, 2.24) is 19.7 Å². The Labute approximate surface area is 181 Å². The smallest absolute Gasteiger partial charge is 0.227 e. The lowest BCUT2D eigenvalue weighted by molar-refractivity contribution is 0.122. The Hall–Kier alpha value is -3.45. The van der Waals surface area contributed by atoms with Gasteiger partial charge >= 0.3 is 0 Å². The molecule has 1 N–H and O–H groups in total. The number of aromatic nitrogens is 4. The standard InChI is InChI=1S/C24H26N6O/c1-2-9-30-17-20(16-26-30)18-3-4-19-15-25-24(28-23(19)14-18)27-21-5-7-22(8-6-21)29-10-12-31-13-11-29/h3-8,14-17H,2,9-13H2,1H3,(H,25,27,28). The minimum absolute atomic E-state index is 0.588. The van der Waals surface area contributed by atoms with Crippen LogP contribution in [0.4, 0.5) is 17.3 Å². The number of ether oxygens (including phenoxy) is 1. The highest BCUT2D eigenvalue weighted by Crippen LogP contribution is 2.25. The number of nitrogens with one attached hydrogen (secondary N) is 1. The maximum absolute atomic E-state index is 5.43. The molecule has 0 saturated carbocycles. The largest absolute Gasteiger partial charge is 0.378 e. The molecule has 7 heteroatoms. The summed E-state index contributed by atoms with van der Waals surface area (Å²) in [5.74, 6) is 0.588. The van der Waals surface area contributed by atoms with Gasteiger partial charge in [0.2, 0.25) is 5.95 Å². The summed E-state index contributed by atoms with van der Waals surface area (Å²) in [4.78, 5) is 11.6. The fourth-order valence-electron chi connectivity index (χ4n) is 3.83. The van der Waals surface area contributed by atoms with Gasteiger partial charge < -0.3 is 15.0 Å². The SMILES string of the molecule is CCCn1cc(-c2ccc3cnc(Nc4ccc(N5CCOCC5)cc4)nc3c2)cn1. The van der Waals surface area contributed by atoms with Gasteiger partial charge in [-0.1, -0.05) is 19.1 Å². The number of anilines is 3. The van der Waals surface area contributed by atoms with Crippen molar-refractivity contribution in [3.05, 3.63) is 61.1 Å². The number of morpholine rings is 1. The summed E-state index contributed by atoms with van der Waals surface area (Å²) in [5, 5.41) is 8.77. The zero-order chi connectivity index (χ0) is 21.0. The van der Waals surface area contributed by atoms with Gasteiger partial charge in [-0.25, -0.2) is 9.97 Å². The van der Waals surface area contributed by atoms with Gasteiger partial charge in [0.25, 0.3) is 0 Å². The van der Waals surface area contributed by atoms with Gasteiger partial charge in [0.15, 0.2) is 0 Å². The monoisotopic (exact) mass is 414 g/mol. The van der Waals surface area contributed by atoms with E-state index < -0.39 is 0 Å². The minimum Gasteiger partial charge on any atom is -0.378 e. The summed E-state index contributed by atoms with van der Waals surface area (Å²) < 4.78 is 7.41. The molecule has 2 aromatic heterocycles. The molecular weight excluding hydrogens is 388 g/mol. The van der Waals surface area contributed by atoms with E-state index >= 15 is 0 Å². The second-order valence-corrected chi connectivity index (χ2v) is 7.73. The first-order chi connectivity index (χ1) is 15.3. The summed E-state index contributed by atoms with van der Waals surface area (Å²) in [5.41, 5.74) is 5.29. The van der Waals surface area contributed by atoms with Gasteiger partial charge in [-0.15, -0.1) is 0 Å². The number of fused-ring (bicyclic) bond motifs is 1. The average Bonchev–Trinajstić information content (AvgIpc) is 3.29. The Morgan fingerprint density at radius 1 is 1.00 bits per heavy atom. The number of rotatable bonds is 6. The van der Waals surface area contributed by atoms with Crippen molar-refractivity contribution >= 4 is 28.2 Å². The number of aryl methyl sites for hydroxylation is 1. The fourth-order valence-corrected chi connectivity index (χ4v) is 3.83. The molecule has 0 spiro atoms. The molecule has 1 saturated heterocycles. The van der Waals surface area contributed by atoms with Crippen LogP contribution in [0.15, 0.2) is 61.1 Å². The maximum atomic E-state index is 5.43. The lowest BCUT2D eigenvalue weighted by Crippen LogP contribution is -2.36. The van der Waals surface area contributed by atoms with Crippen LogP contribution < -0.4 is 10.2 Å². The summed E-state index contributed by atoms with van der Waals surface area (Å²) in [6.07, 6.45) is 6.92. The van der Waals surface area contributed by atoms with Gasteiger partial charge in [-0.3, -0.25) is 4.68 Å². The van der Waals surface area contributed by atoms with Crippen molar-refractivity contribution < 1.29 is 4.74 Å². The number of nitrogens with zero attached hydrogens (tertiary/aromatic N) is 5. The highest BCUT2D eigenvalue weighted by Gasteiger charge is 2.11. The van der Waals surface area contributed by atoms with E-state index in [1.807, 2.05) is 17.1 Å². The van der Waals surface area contributed by atoms with E-state index in [1.165, 1.54) is 5.69 Å². The molecule has 1 aliphatic rings. The van der Waals surface area contributed by atoms with Crippen molar-refractivity contribution in [3.8, 4) is 11.1 Å². The van der Waals surface area contributed by atoms with Gasteiger partial charge in [0.05, 0.1) is 24.9 Å². The second kappa shape index (κ2) is 8.73. The molecule has 0 radical (unpaired) electrons. The summed E-state index contributed by atoms with van der Waals surface area (Å²) in [6, 6.07) is 14.6. The molecular formula is C24H26N6O. The van der Waals surface area contributed by atoms with Gasteiger partial charge in [-0.2, -0.15) is 5.10 Å². The minimum atomic E-state index is 0.588. The van der Waals surface area contributed by atoms with Crippen molar-refractivity contribution in [2.75, 3.05) is 36.5 Å². The van der Waals surface area contributed by atoms with Crippen molar-refractivity contribution in [2.45, 2.75) is 19.9 Å². The molecule has 2 aromatic carbocycles. The molecule has 0 amide bonds. The third-order valence-electron chi connectivity index (χ3n) is 5.50. The van der Waals surface area contributed by atoms with Crippen LogP contribution in [0.5, 0.6) is 0 Å². The first-order valence-corrected chi connectivity index (χ1v) is 10.8. The summed E-state index contributed by atoms with van der Waals surface area (Å²) in [6.45, 7) is 6.51. The van der Waals surface area contributed by atoms with Crippen LogP contribution in [-0.2, 0) is 11.3 Å². The second-order valence-electron chi connectivity index (χ2n) is 7.73. The predicted molar refractivity (Wildman–Crippen MR) is 124 cm³/mol. The molecule has 7 nitrogen and oxygen atoms in total. The van der Waals surface area contributed by atoms with Crippen molar-refractivity contribution in [2.24, 2.45) is 0 Å². The Balaban J connectivity index is 1.35. The van der Waals surface area contributed by atoms with Crippen molar-refractivity contribution in [1.29, 1.82) is 0 Å². The highest BCUT2D eigenvalue weighted by molar-refractivity contribution is 5.84. The molecule has 0 bridgehead atoms. The molecule has 0 unspecified atom stereocenters. The third kappa shape index (κ3) is 4.36. The molecule has 4 aromatic rings. The van der Waals surface area contributed by atoms with E-state index in [-0.39, 0.29) is 0 Å². The lowest BCUT2D eigenvalue weighted by atomic mass is 10.1. The van der Waals surface area contributed by atoms with E-state index in [2.05, 4.69) is 75.9 Å². The number of benzene rings is 2. The van der Waals surface area contributed by atoms with Gasteiger partial charge in [0.1, 0.15) is 0 Å². The molecule has 0 aliphatic carbocycles. The number of hydrogen-bond acceptors (Lipinski definition) is 6. The quantitative estimate of drug-likeness (QED) is 0.502. The first-order valence-electron chi connectivity index (χ1n) is 10.8. The third-order valence-corrected chi connectivity index (χ3v) is 5.50. The van der Waals surface area contributed by atoms with Crippen LogP contribution in [0.1, 0.15) is 13.3 Å². The zero-order valence-corrected chi connectivity index (χ0v) is 17.7. The molecule has 1 fully saturated rings. The van der Waals surface area contributed by atoms with Crippen LogP contribution in [0.3, 0.4) is 0 Å². The predicted octanol–water partition coefficient (Wildman–Crippen LogP) is 4.48. The molecule has 3 heterocycles. The lowest BCUT2D eigenvalue weighted by Gasteiger charge is -2.28. The Morgan fingerprint density at radius 3 is 2.65 bits per heavy atom. The normalized spacial score (nSPS) is 14.2. The summed E-state index contributed by atoms with van der Waals surface area (Å²) >= 11 is 0. The van der Waals surface area contributed by atoms with Gasteiger partial charge in [0, 0.05) is 54.4 Å². The Morgan fingerprint density at radius 2 is 1.84 bits per heavy atom. The average molecular weight is 415 g/mol. The first kappa shape index (κ1) is 19.5. The number of hydrogen-bond donors (Lipinski definition) is 1. The molecule has 1 aliphatic heterocycles. The van der Waals surface area contributed by atoms with E-state index in [1.54, 1.807) is 0 Å². The van der Waals surface area contributed by atoms with Crippen LogP contribution in [-0.4, -0.2) is 46.1 Å². The van der Waals surface area contributed by atoms with Gasteiger partial charge in [-0.05, 0) is 42.3 Å². The van der Waals surface area contributed by atoms with Crippen LogP contribution in [0.2, 0.25) is 0 Å². The van der Waals surface area contributed by atoms with E-state index in [0.29, 0.717) is 5.95 Å². The Kier molecular flexibility index (Phi) is 5.50. The van der Waals surface area contributed by atoms with Crippen molar-refractivity contribution in [3.63, 3.8) is 0 Å².